The number of hydrogen-bond donors (Lipinski definition) is 0. The van der Waals surface area contributed by atoms with E-state index >= 15 is 0 Å². The van der Waals surface area contributed by atoms with Crippen molar-refractivity contribution in [1.82, 2.24) is 4.31 Å². The van der Waals surface area contributed by atoms with Crippen LogP contribution in [0, 0.1) is 21.7 Å². The molecular weight excluding hydrogens is 368 g/mol. The van der Waals surface area contributed by atoms with E-state index in [4.69, 9.17) is 0 Å². The maximum absolute atomic E-state index is 14.1. The summed E-state index contributed by atoms with van der Waals surface area (Å²) >= 11 is 0. The molecule has 0 amide bonds. The molecule has 138 valence electrons. The summed E-state index contributed by atoms with van der Waals surface area (Å²) in [5, 5.41) is 10.7. The van der Waals surface area contributed by atoms with E-state index in [1.54, 1.807) is 4.90 Å². The summed E-state index contributed by atoms with van der Waals surface area (Å²) in [4.78, 5) is 11.5. The lowest BCUT2D eigenvalue weighted by Gasteiger charge is -2.35. The summed E-state index contributed by atoms with van der Waals surface area (Å²) in [5.74, 6) is -1.38. The van der Waals surface area contributed by atoms with Gasteiger partial charge < -0.3 is 4.90 Å². The normalized spacial score (nSPS) is 15.8. The molecule has 10 heteroatoms. The van der Waals surface area contributed by atoms with Crippen LogP contribution < -0.4 is 4.90 Å². The van der Waals surface area contributed by atoms with Gasteiger partial charge in [-0.3, -0.25) is 10.1 Å². The highest BCUT2D eigenvalue weighted by atomic mass is 32.2. The van der Waals surface area contributed by atoms with Crippen molar-refractivity contribution in [2.75, 3.05) is 31.1 Å². The third kappa shape index (κ3) is 3.51. The van der Waals surface area contributed by atoms with Crippen LogP contribution in [0.15, 0.2) is 47.4 Å². The van der Waals surface area contributed by atoms with Gasteiger partial charge in [-0.25, -0.2) is 17.2 Å². The lowest BCUT2D eigenvalue weighted by molar-refractivity contribution is -0.385. The fraction of sp³-hybridized carbons (Fsp3) is 0.250. The first kappa shape index (κ1) is 18.2. The van der Waals surface area contributed by atoms with Gasteiger partial charge in [-0.1, -0.05) is 6.07 Å². The molecule has 26 heavy (non-hydrogen) atoms. The molecular formula is C16H15F2N3O4S. The molecule has 0 unspecified atom stereocenters. The van der Waals surface area contributed by atoms with Gasteiger partial charge in [0.15, 0.2) is 5.82 Å². The number of hydrogen-bond acceptors (Lipinski definition) is 5. The highest BCUT2D eigenvalue weighted by Crippen LogP contribution is 2.26. The first-order chi connectivity index (χ1) is 12.3. The second-order valence-corrected chi connectivity index (χ2v) is 7.68. The Hall–Kier alpha value is -2.59. The maximum atomic E-state index is 14.1. The number of nitro benzene ring substituents is 1. The average Bonchev–Trinajstić information content (AvgIpc) is 2.61. The topological polar surface area (TPSA) is 83.8 Å². The maximum Gasteiger partial charge on any atom is 0.272 e. The number of anilines is 1. The van der Waals surface area contributed by atoms with Gasteiger partial charge in [0.25, 0.3) is 5.69 Å². The molecule has 2 aromatic carbocycles. The molecule has 1 aliphatic rings. The highest BCUT2D eigenvalue weighted by molar-refractivity contribution is 7.89. The number of piperazine rings is 1. The van der Waals surface area contributed by atoms with Crippen LogP contribution in [0.5, 0.6) is 0 Å². The zero-order valence-electron chi connectivity index (χ0n) is 13.5. The van der Waals surface area contributed by atoms with Gasteiger partial charge in [-0.2, -0.15) is 4.31 Å². The minimum absolute atomic E-state index is 0.0925. The standard InChI is InChI=1S/C16H15F2N3O4S/c17-12-2-1-3-14(10-12)26(24,25)20-8-6-19(7-9-20)16-5-4-13(21(22)23)11-15(16)18/h1-5,10-11H,6-9H2. The third-order valence-corrected chi connectivity index (χ3v) is 6.05. The Morgan fingerprint density at radius 1 is 1.00 bits per heavy atom. The van der Waals surface area contributed by atoms with Gasteiger partial charge in [0.2, 0.25) is 10.0 Å². The molecule has 2 aromatic rings. The van der Waals surface area contributed by atoms with Crippen LogP contribution in [-0.2, 0) is 10.0 Å². The molecule has 3 rings (SSSR count). The smallest absolute Gasteiger partial charge is 0.272 e. The number of sulfonamides is 1. The monoisotopic (exact) mass is 383 g/mol. The van der Waals surface area contributed by atoms with Crippen molar-refractivity contribution in [1.29, 1.82) is 0 Å². The van der Waals surface area contributed by atoms with Crippen LogP contribution in [0.4, 0.5) is 20.2 Å². The van der Waals surface area contributed by atoms with E-state index in [9.17, 15) is 27.3 Å². The molecule has 1 fully saturated rings. The van der Waals surface area contributed by atoms with E-state index in [0.717, 1.165) is 18.2 Å². The Balaban J connectivity index is 1.74. The van der Waals surface area contributed by atoms with E-state index in [1.165, 1.54) is 28.6 Å². The fourth-order valence-electron chi connectivity index (χ4n) is 2.81. The Labute approximate surface area is 148 Å². The van der Waals surface area contributed by atoms with E-state index in [0.29, 0.717) is 0 Å². The number of non-ortho nitro benzene ring substituents is 1. The SMILES string of the molecule is O=[N+]([O-])c1ccc(N2CCN(S(=O)(=O)c3cccc(F)c3)CC2)c(F)c1. The Morgan fingerprint density at radius 3 is 2.27 bits per heavy atom. The van der Waals surface area contributed by atoms with Crippen molar-refractivity contribution in [3.63, 3.8) is 0 Å². The van der Waals surface area contributed by atoms with Crippen molar-refractivity contribution in [3.05, 3.63) is 64.2 Å². The molecule has 0 aliphatic carbocycles. The van der Waals surface area contributed by atoms with Crippen molar-refractivity contribution in [2.24, 2.45) is 0 Å². The van der Waals surface area contributed by atoms with Crippen LogP contribution >= 0.6 is 0 Å². The molecule has 0 spiro atoms. The minimum atomic E-state index is -3.83. The molecule has 1 heterocycles. The van der Waals surface area contributed by atoms with Crippen molar-refractivity contribution in [3.8, 4) is 0 Å². The molecule has 1 aliphatic heterocycles. The molecule has 0 atom stereocenters. The van der Waals surface area contributed by atoms with E-state index in [2.05, 4.69) is 0 Å². The fourth-order valence-corrected chi connectivity index (χ4v) is 4.27. The van der Waals surface area contributed by atoms with Gasteiger partial charge in [0.1, 0.15) is 5.82 Å². The molecule has 0 radical (unpaired) electrons. The highest BCUT2D eigenvalue weighted by Gasteiger charge is 2.29. The van der Waals surface area contributed by atoms with Crippen molar-refractivity contribution < 1.29 is 22.1 Å². The average molecular weight is 383 g/mol. The lowest BCUT2D eigenvalue weighted by atomic mass is 10.2. The number of halogens is 2. The van der Waals surface area contributed by atoms with E-state index in [1.807, 2.05) is 0 Å². The molecule has 0 bridgehead atoms. The van der Waals surface area contributed by atoms with E-state index < -0.39 is 26.6 Å². The van der Waals surface area contributed by atoms with Gasteiger partial charge in [0.05, 0.1) is 21.6 Å². The number of nitrogens with zero attached hydrogens (tertiary/aromatic N) is 3. The Bertz CT molecular complexity index is 944. The van der Waals surface area contributed by atoms with Crippen LogP contribution in [0.25, 0.3) is 0 Å². The second kappa shape index (κ2) is 6.96. The summed E-state index contributed by atoms with van der Waals surface area (Å²) in [6.45, 7) is 0.608. The first-order valence-corrected chi connectivity index (χ1v) is 9.17. The lowest BCUT2D eigenvalue weighted by Crippen LogP contribution is -2.48. The van der Waals surface area contributed by atoms with Crippen LogP contribution in [0.3, 0.4) is 0 Å². The third-order valence-electron chi connectivity index (χ3n) is 4.16. The second-order valence-electron chi connectivity index (χ2n) is 5.74. The summed E-state index contributed by atoms with van der Waals surface area (Å²) in [6, 6.07) is 8.11. The van der Waals surface area contributed by atoms with Gasteiger partial charge in [-0.15, -0.1) is 0 Å². The predicted octanol–water partition coefficient (Wildman–Crippen LogP) is 2.38. The summed E-state index contributed by atoms with van der Waals surface area (Å²) in [7, 11) is -3.83. The Morgan fingerprint density at radius 2 is 1.69 bits per heavy atom. The van der Waals surface area contributed by atoms with Crippen molar-refractivity contribution in [2.45, 2.75) is 4.90 Å². The summed E-state index contributed by atoms with van der Waals surface area (Å²) < 4.78 is 53.7. The summed E-state index contributed by atoms with van der Waals surface area (Å²) in [6.07, 6.45) is 0. The van der Waals surface area contributed by atoms with Crippen LogP contribution in [0.1, 0.15) is 0 Å². The quantitative estimate of drug-likeness (QED) is 0.598. The molecule has 7 nitrogen and oxygen atoms in total. The number of nitro groups is 1. The number of benzene rings is 2. The Kier molecular flexibility index (Phi) is 4.88. The van der Waals surface area contributed by atoms with Gasteiger partial charge >= 0.3 is 0 Å². The molecule has 1 saturated heterocycles. The van der Waals surface area contributed by atoms with E-state index in [-0.39, 0.29) is 42.4 Å². The first-order valence-electron chi connectivity index (χ1n) is 7.73. The summed E-state index contributed by atoms with van der Waals surface area (Å²) in [5.41, 5.74) is -0.169. The number of rotatable bonds is 4. The minimum Gasteiger partial charge on any atom is -0.367 e. The van der Waals surface area contributed by atoms with Crippen LogP contribution in [-0.4, -0.2) is 43.8 Å². The molecule has 0 aromatic heterocycles. The van der Waals surface area contributed by atoms with Gasteiger partial charge in [0, 0.05) is 32.2 Å². The van der Waals surface area contributed by atoms with Crippen molar-refractivity contribution >= 4 is 21.4 Å². The largest absolute Gasteiger partial charge is 0.367 e. The van der Waals surface area contributed by atoms with Gasteiger partial charge in [-0.05, 0) is 24.3 Å². The molecule has 0 N–H and O–H groups in total. The zero-order valence-corrected chi connectivity index (χ0v) is 14.3. The zero-order chi connectivity index (χ0) is 18.9. The predicted molar refractivity (Wildman–Crippen MR) is 90.4 cm³/mol. The molecule has 0 saturated carbocycles. The van der Waals surface area contributed by atoms with Crippen LogP contribution in [0.2, 0.25) is 0 Å².